The fraction of sp³-hybridized carbons (Fsp3) is 0.333. The predicted molar refractivity (Wildman–Crippen MR) is 91.3 cm³/mol. The predicted octanol–water partition coefficient (Wildman–Crippen LogP) is 3.45. The maximum atomic E-state index is 6.02. The molecule has 2 aromatic rings. The van der Waals surface area contributed by atoms with Crippen LogP contribution >= 0.6 is 0 Å². The number of nitrogens with zero attached hydrogens (tertiary/aromatic N) is 3. The molecule has 0 fully saturated rings. The molecule has 0 bridgehead atoms. The zero-order valence-corrected chi connectivity index (χ0v) is 14.4. The molecule has 6 heteroatoms. The number of aryl methyl sites for hydroxylation is 2. The van der Waals surface area contributed by atoms with E-state index in [2.05, 4.69) is 29.4 Å². The van der Waals surface area contributed by atoms with Crippen molar-refractivity contribution in [2.45, 2.75) is 40.3 Å². The molecule has 0 amide bonds. The highest BCUT2D eigenvalue weighted by molar-refractivity contribution is 5.62. The number of pyridine rings is 1. The van der Waals surface area contributed by atoms with Gasteiger partial charge in [0.25, 0.3) is 0 Å². The van der Waals surface area contributed by atoms with Gasteiger partial charge in [0.2, 0.25) is 5.88 Å². The van der Waals surface area contributed by atoms with E-state index in [4.69, 9.17) is 9.26 Å². The van der Waals surface area contributed by atoms with Crippen LogP contribution in [0.4, 0.5) is 0 Å². The van der Waals surface area contributed by atoms with Gasteiger partial charge in [-0.2, -0.15) is 0 Å². The summed E-state index contributed by atoms with van der Waals surface area (Å²) in [6.07, 6.45) is 7.54. The van der Waals surface area contributed by atoms with Gasteiger partial charge in [0, 0.05) is 35.8 Å². The smallest absolute Gasteiger partial charge is 0.208 e. The molecule has 0 atom stereocenters. The Hall–Kier alpha value is -2.76. The molecule has 24 heavy (non-hydrogen) atoms. The summed E-state index contributed by atoms with van der Waals surface area (Å²) in [4.78, 5) is 4.33. The first-order valence-electron chi connectivity index (χ1n) is 7.99. The van der Waals surface area contributed by atoms with Gasteiger partial charge in [-0.05, 0) is 45.9 Å². The average molecular weight is 326 g/mol. The van der Waals surface area contributed by atoms with Crippen LogP contribution in [0, 0.1) is 13.8 Å². The van der Waals surface area contributed by atoms with Crippen molar-refractivity contribution in [3.63, 3.8) is 0 Å². The highest BCUT2D eigenvalue weighted by Crippen LogP contribution is 2.26. The van der Waals surface area contributed by atoms with Crippen molar-refractivity contribution in [3.8, 4) is 11.3 Å². The Balaban J connectivity index is 1.81. The second-order valence-electron chi connectivity index (χ2n) is 6.00. The lowest BCUT2D eigenvalue weighted by Crippen LogP contribution is -2.41. The van der Waals surface area contributed by atoms with Crippen molar-refractivity contribution in [3.05, 3.63) is 59.6 Å². The van der Waals surface area contributed by atoms with Crippen molar-refractivity contribution >= 4 is 0 Å². The summed E-state index contributed by atoms with van der Waals surface area (Å²) >= 11 is 0. The molecular formula is C18H22N4O2. The summed E-state index contributed by atoms with van der Waals surface area (Å²) in [7, 11) is 0. The minimum Gasteiger partial charge on any atom is -0.473 e. The first kappa shape index (κ1) is 16.1. The van der Waals surface area contributed by atoms with Gasteiger partial charge in [0.1, 0.15) is 18.1 Å². The normalized spacial score (nSPS) is 13.9. The quantitative estimate of drug-likeness (QED) is 0.908. The number of aromatic nitrogens is 2. The van der Waals surface area contributed by atoms with Gasteiger partial charge >= 0.3 is 0 Å². The Kier molecular flexibility index (Phi) is 4.55. The molecule has 0 aliphatic carbocycles. The molecule has 0 spiro atoms. The third kappa shape index (κ3) is 3.27. The van der Waals surface area contributed by atoms with Crippen LogP contribution in [-0.4, -0.2) is 21.2 Å². The van der Waals surface area contributed by atoms with Crippen LogP contribution in [0.15, 0.2) is 47.1 Å². The molecule has 0 saturated carbocycles. The van der Waals surface area contributed by atoms with Crippen molar-refractivity contribution in [1.82, 2.24) is 20.6 Å². The highest BCUT2D eigenvalue weighted by atomic mass is 16.5. The lowest BCUT2D eigenvalue weighted by molar-refractivity contribution is 0.0596. The van der Waals surface area contributed by atoms with Gasteiger partial charge in [-0.3, -0.25) is 9.99 Å². The molecule has 0 saturated heterocycles. The van der Waals surface area contributed by atoms with Gasteiger partial charge in [0.15, 0.2) is 0 Å². The summed E-state index contributed by atoms with van der Waals surface area (Å²) in [5.74, 6) is 1.52. The van der Waals surface area contributed by atoms with E-state index >= 15 is 0 Å². The van der Waals surface area contributed by atoms with Crippen LogP contribution in [0.1, 0.15) is 30.9 Å². The number of allylic oxidation sites excluding steroid dienone is 2. The summed E-state index contributed by atoms with van der Waals surface area (Å²) < 4.78 is 11.4. The maximum Gasteiger partial charge on any atom is 0.208 e. The lowest BCUT2D eigenvalue weighted by atomic mass is 10.1. The van der Waals surface area contributed by atoms with E-state index < -0.39 is 0 Å². The largest absolute Gasteiger partial charge is 0.473 e. The van der Waals surface area contributed by atoms with Crippen molar-refractivity contribution in [2.24, 2.45) is 0 Å². The van der Waals surface area contributed by atoms with Crippen LogP contribution in [0.25, 0.3) is 11.3 Å². The van der Waals surface area contributed by atoms with Crippen molar-refractivity contribution < 1.29 is 9.26 Å². The monoisotopic (exact) mass is 326 g/mol. The van der Waals surface area contributed by atoms with Crippen LogP contribution in [0.2, 0.25) is 0 Å². The molecule has 1 aliphatic heterocycles. The second-order valence-corrected chi connectivity index (χ2v) is 6.00. The van der Waals surface area contributed by atoms with Gasteiger partial charge < -0.3 is 14.7 Å². The van der Waals surface area contributed by atoms with E-state index in [0.29, 0.717) is 6.61 Å². The van der Waals surface area contributed by atoms with E-state index in [1.165, 1.54) is 0 Å². The number of ether oxygens (including phenoxy) is 1. The standard InChI is InChI=1S/C18H22N4O2/c1-12(2)22-17(6-5-9-20-22)23-11-16-14(4)24-21-18(16)15-8-7-13(3)19-10-15/h5-10,12,20H,11H2,1-4H3. The zero-order valence-electron chi connectivity index (χ0n) is 14.4. The first-order chi connectivity index (χ1) is 11.6. The number of hydrazine groups is 1. The third-order valence-corrected chi connectivity index (χ3v) is 3.84. The fourth-order valence-corrected chi connectivity index (χ4v) is 2.46. The van der Waals surface area contributed by atoms with Gasteiger partial charge in [-0.1, -0.05) is 5.16 Å². The molecule has 3 rings (SSSR count). The van der Waals surface area contributed by atoms with E-state index in [9.17, 15) is 0 Å². The van der Waals surface area contributed by atoms with Gasteiger partial charge in [0.05, 0.1) is 5.56 Å². The topological polar surface area (TPSA) is 63.4 Å². The summed E-state index contributed by atoms with van der Waals surface area (Å²) in [6.45, 7) is 8.42. The maximum absolute atomic E-state index is 6.02. The van der Waals surface area contributed by atoms with E-state index in [0.717, 1.165) is 34.2 Å². The number of rotatable bonds is 5. The highest BCUT2D eigenvalue weighted by Gasteiger charge is 2.19. The van der Waals surface area contributed by atoms with Gasteiger partial charge in [-0.15, -0.1) is 0 Å². The Morgan fingerprint density at radius 2 is 2.12 bits per heavy atom. The summed E-state index contributed by atoms with van der Waals surface area (Å²) in [5, 5.41) is 6.14. The third-order valence-electron chi connectivity index (χ3n) is 3.84. The van der Waals surface area contributed by atoms with Crippen LogP contribution < -0.4 is 5.43 Å². The average Bonchev–Trinajstić information content (AvgIpc) is 2.94. The van der Waals surface area contributed by atoms with Crippen LogP contribution in [0.3, 0.4) is 0 Å². The van der Waals surface area contributed by atoms with Crippen molar-refractivity contribution in [2.75, 3.05) is 0 Å². The Labute approximate surface area is 141 Å². The minimum atomic E-state index is 0.269. The Bertz CT molecular complexity index is 760. The fourth-order valence-electron chi connectivity index (χ4n) is 2.46. The SMILES string of the molecule is Cc1ccc(-c2noc(C)c2COC2=CC=CNN2C(C)C)cn1. The van der Waals surface area contributed by atoms with Crippen LogP contribution in [-0.2, 0) is 11.3 Å². The number of hydrogen-bond acceptors (Lipinski definition) is 6. The molecule has 0 unspecified atom stereocenters. The molecule has 1 N–H and O–H groups in total. The molecule has 3 heterocycles. The Morgan fingerprint density at radius 3 is 2.83 bits per heavy atom. The summed E-state index contributed by atoms with van der Waals surface area (Å²) in [5.41, 5.74) is 6.77. The molecule has 0 radical (unpaired) electrons. The minimum absolute atomic E-state index is 0.269. The van der Waals surface area contributed by atoms with E-state index in [1.807, 2.05) is 49.3 Å². The second kappa shape index (κ2) is 6.78. The zero-order chi connectivity index (χ0) is 17.1. The molecule has 6 nitrogen and oxygen atoms in total. The molecule has 2 aromatic heterocycles. The lowest BCUT2D eigenvalue weighted by Gasteiger charge is -2.31. The molecular weight excluding hydrogens is 304 g/mol. The van der Waals surface area contributed by atoms with E-state index in [-0.39, 0.29) is 6.04 Å². The molecule has 0 aromatic carbocycles. The molecule has 126 valence electrons. The van der Waals surface area contributed by atoms with Crippen molar-refractivity contribution in [1.29, 1.82) is 0 Å². The Morgan fingerprint density at radius 1 is 1.29 bits per heavy atom. The molecule has 1 aliphatic rings. The van der Waals surface area contributed by atoms with Crippen LogP contribution in [0.5, 0.6) is 0 Å². The first-order valence-corrected chi connectivity index (χ1v) is 7.99. The van der Waals surface area contributed by atoms with Gasteiger partial charge in [-0.25, -0.2) is 0 Å². The summed E-state index contributed by atoms with van der Waals surface area (Å²) in [6, 6.07) is 4.22. The number of nitrogens with one attached hydrogen (secondary N) is 1. The van der Waals surface area contributed by atoms with E-state index in [1.54, 1.807) is 6.20 Å². The number of hydrogen-bond donors (Lipinski definition) is 1.